The Labute approximate surface area is 170 Å². The summed E-state index contributed by atoms with van der Waals surface area (Å²) in [4.78, 5) is 12.0. The molecule has 0 amide bonds. The van der Waals surface area contributed by atoms with Gasteiger partial charge < -0.3 is 26.0 Å². The molecule has 3 rings (SSSR count). The van der Waals surface area contributed by atoms with E-state index in [4.69, 9.17) is 15.9 Å². The molecule has 0 radical (unpaired) electrons. The highest BCUT2D eigenvalue weighted by Gasteiger charge is 2.28. The maximum atomic E-state index is 12.0. The number of anilines is 1. The van der Waals surface area contributed by atoms with E-state index in [2.05, 4.69) is 5.32 Å². The molecule has 2 aromatic rings. The number of nitrogen functional groups attached to an aromatic ring is 1. The molecule has 0 saturated heterocycles. The molecule has 1 aliphatic carbocycles. The first-order valence-corrected chi connectivity index (χ1v) is 9.79. The summed E-state index contributed by atoms with van der Waals surface area (Å²) in [6.07, 6.45) is 2.41. The van der Waals surface area contributed by atoms with E-state index in [0.29, 0.717) is 22.6 Å². The standard InChI is InChI=1S/C22H27N3O4/c1-2-13-10-15(12-17(11-13)29-19-5-3-4-18(19)26)20(22(27)28)25-16-8-6-14(7-9-16)21(23)24/h6-12,18-20,25-26H,2-5H2,1H3,(H3,23,24)(H,27,28). The molecule has 3 atom stereocenters. The van der Waals surface area contributed by atoms with Gasteiger partial charge in [-0.05, 0) is 73.2 Å². The summed E-state index contributed by atoms with van der Waals surface area (Å²) in [6, 6.07) is 11.2. The van der Waals surface area contributed by atoms with Crippen LogP contribution in [0.1, 0.15) is 48.9 Å². The van der Waals surface area contributed by atoms with Gasteiger partial charge in [0.1, 0.15) is 17.7 Å². The quantitative estimate of drug-likeness (QED) is 0.344. The number of rotatable bonds is 8. The molecule has 0 spiro atoms. The number of amidine groups is 1. The number of carboxylic acids is 1. The largest absolute Gasteiger partial charge is 0.488 e. The smallest absolute Gasteiger partial charge is 0.330 e. The molecule has 7 heteroatoms. The molecule has 2 aromatic carbocycles. The van der Waals surface area contributed by atoms with Crippen LogP contribution in [0.2, 0.25) is 0 Å². The Balaban J connectivity index is 1.86. The van der Waals surface area contributed by atoms with Crippen molar-refractivity contribution in [1.29, 1.82) is 5.41 Å². The molecule has 29 heavy (non-hydrogen) atoms. The molecule has 0 bridgehead atoms. The second-order valence-corrected chi connectivity index (χ2v) is 7.33. The van der Waals surface area contributed by atoms with Crippen LogP contribution < -0.4 is 15.8 Å². The predicted molar refractivity (Wildman–Crippen MR) is 112 cm³/mol. The van der Waals surface area contributed by atoms with Gasteiger partial charge in [0, 0.05) is 11.3 Å². The number of ether oxygens (including phenoxy) is 1. The molecular weight excluding hydrogens is 370 g/mol. The van der Waals surface area contributed by atoms with Crippen LogP contribution >= 0.6 is 0 Å². The SMILES string of the molecule is CCc1cc(OC2CCCC2O)cc(C(Nc2ccc(C(=N)N)cc2)C(=O)O)c1. The number of nitrogens with one attached hydrogen (secondary N) is 2. The van der Waals surface area contributed by atoms with Crippen LogP contribution in [0.25, 0.3) is 0 Å². The lowest BCUT2D eigenvalue weighted by molar-refractivity contribution is -0.138. The van der Waals surface area contributed by atoms with Crippen LogP contribution in [0, 0.1) is 5.41 Å². The van der Waals surface area contributed by atoms with E-state index in [1.807, 2.05) is 19.1 Å². The molecule has 7 nitrogen and oxygen atoms in total. The van der Waals surface area contributed by atoms with Gasteiger partial charge in [0.25, 0.3) is 0 Å². The van der Waals surface area contributed by atoms with E-state index in [9.17, 15) is 15.0 Å². The van der Waals surface area contributed by atoms with Gasteiger partial charge in [-0.1, -0.05) is 13.0 Å². The monoisotopic (exact) mass is 397 g/mol. The first-order chi connectivity index (χ1) is 13.9. The Hall–Kier alpha value is -3.06. The molecule has 6 N–H and O–H groups in total. The maximum absolute atomic E-state index is 12.0. The van der Waals surface area contributed by atoms with Gasteiger partial charge in [-0.3, -0.25) is 5.41 Å². The topological polar surface area (TPSA) is 129 Å². The average Bonchev–Trinajstić information content (AvgIpc) is 3.10. The zero-order valence-corrected chi connectivity index (χ0v) is 16.4. The Morgan fingerprint density at radius 3 is 2.55 bits per heavy atom. The Bertz CT molecular complexity index is 882. The number of carboxylic acid groups (broad SMARTS) is 1. The van der Waals surface area contributed by atoms with E-state index in [0.717, 1.165) is 31.2 Å². The van der Waals surface area contributed by atoms with Gasteiger partial charge in [-0.15, -0.1) is 0 Å². The number of aryl methyl sites for hydroxylation is 1. The zero-order chi connectivity index (χ0) is 21.0. The zero-order valence-electron chi connectivity index (χ0n) is 16.4. The van der Waals surface area contributed by atoms with E-state index in [-0.39, 0.29) is 11.9 Å². The third-order valence-corrected chi connectivity index (χ3v) is 5.19. The number of aliphatic hydroxyl groups excluding tert-OH is 1. The minimum Gasteiger partial charge on any atom is -0.488 e. The van der Waals surface area contributed by atoms with Crippen LogP contribution in [0.3, 0.4) is 0 Å². The minimum absolute atomic E-state index is 0.0436. The molecule has 0 aromatic heterocycles. The number of nitrogens with two attached hydrogens (primary N) is 1. The summed E-state index contributed by atoms with van der Waals surface area (Å²) in [5.41, 5.74) is 8.19. The highest BCUT2D eigenvalue weighted by molar-refractivity contribution is 5.95. The lowest BCUT2D eigenvalue weighted by Gasteiger charge is -2.21. The van der Waals surface area contributed by atoms with Gasteiger partial charge >= 0.3 is 5.97 Å². The van der Waals surface area contributed by atoms with Crippen molar-refractivity contribution in [3.8, 4) is 5.75 Å². The third-order valence-electron chi connectivity index (χ3n) is 5.19. The van der Waals surface area contributed by atoms with Crippen LogP contribution in [-0.4, -0.2) is 34.2 Å². The van der Waals surface area contributed by atoms with Crippen LogP contribution in [0.4, 0.5) is 5.69 Å². The minimum atomic E-state index is -1.01. The number of aliphatic carboxylic acids is 1. The molecule has 154 valence electrons. The number of hydrogen-bond acceptors (Lipinski definition) is 5. The Morgan fingerprint density at radius 1 is 1.28 bits per heavy atom. The van der Waals surface area contributed by atoms with E-state index >= 15 is 0 Å². The van der Waals surface area contributed by atoms with Crippen molar-refractivity contribution in [3.63, 3.8) is 0 Å². The number of benzene rings is 2. The fourth-order valence-electron chi connectivity index (χ4n) is 3.54. The second kappa shape index (κ2) is 8.96. The third kappa shape index (κ3) is 5.06. The lowest BCUT2D eigenvalue weighted by atomic mass is 10.0. The van der Waals surface area contributed by atoms with Crippen molar-refractivity contribution in [1.82, 2.24) is 0 Å². The van der Waals surface area contributed by atoms with Gasteiger partial charge in [0.2, 0.25) is 0 Å². The predicted octanol–water partition coefficient (Wildman–Crippen LogP) is 3.06. The summed E-state index contributed by atoms with van der Waals surface area (Å²) >= 11 is 0. The number of hydrogen-bond donors (Lipinski definition) is 5. The summed E-state index contributed by atoms with van der Waals surface area (Å²) in [5.74, 6) is -0.483. The summed E-state index contributed by atoms with van der Waals surface area (Å²) in [6.45, 7) is 2.00. The lowest BCUT2D eigenvalue weighted by Crippen LogP contribution is -2.26. The van der Waals surface area contributed by atoms with Gasteiger partial charge in [-0.2, -0.15) is 0 Å². The Morgan fingerprint density at radius 2 is 2.00 bits per heavy atom. The van der Waals surface area contributed by atoms with Crippen molar-refractivity contribution >= 4 is 17.5 Å². The molecular formula is C22H27N3O4. The summed E-state index contributed by atoms with van der Waals surface area (Å²) in [5, 5.41) is 30.3. The van der Waals surface area contributed by atoms with Crippen molar-refractivity contribution in [2.75, 3.05) is 5.32 Å². The van der Waals surface area contributed by atoms with Crippen molar-refractivity contribution in [2.45, 2.75) is 50.9 Å². The molecule has 1 saturated carbocycles. The Kier molecular flexibility index (Phi) is 6.39. The van der Waals surface area contributed by atoms with Crippen molar-refractivity contribution < 1.29 is 19.7 Å². The first-order valence-electron chi connectivity index (χ1n) is 9.79. The van der Waals surface area contributed by atoms with Gasteiger partial charge in [-0.25, -0.2) is 4.79 Å². The highest BCUT2D eigenvalue weighted by Crippen LogP contribution is 2.30. The summed E-state index contributed by atoms with van der Waals surface area (Å²) < 4.78 is 5.98. The number of carbonyl (C=O) groups is 1. The van der Waals surface area contributed by atoms with Crippen LogP contribution in [0.15, 0.2) is 42.5 Å². The normalized spacial score (nSPS) is 19.5. The van der Waals surface area contributed by atoms with Gasteiger partial charge in [0.05, 0.1) is 6.10 Å². The maximum Gasteiger partial charge on any atom is 0.330 e. The molecule has 0 aliphatic heterocycles. The van der Waals surface area contributed by atoms with Gasteiger partial charge in [0.15, 0.2) is 6.04 Å². The number of aliphatic hydroxyl groups is 1. The highest BCUT2D eigenvalue weighted by atomic mass is 16.5. The second-order valence-electron chi connectivity index (χ2n) is 7.33. The average molecular weight is 397 g/mol. The molecule has 1 fully saturated rings. The van der Waals surface area contributed by atoms with E-state index in [1.165, 1.54) is 0 Å². The fourth-order valence-corrected chi connectivity index (χ4v) is 3.54. The van der Waals surface area contributed by atoms with E-state index in [1.54, 1.807) is 30.3 Å². The van der Waals surface area contributed by atoms with Crippen molar-refractivity contribution in [2.24, 2.45) is 5.73 Å². The molecule has 0 heterocycles. The van der Waals surface area contributed by atoms with Crippen molar-refractivity contribution in [3.05, 3.63) is 59.2 Å². The van der Waals surface area contributed by atoms with Crippen LogP contribution in [0.5, 0.6) is 5.75 Å². The fraction of sp³-hybridized carbons (Fsp3) is 0.364. The first kappa shape index (κ1) is 20.7. The van der Waals surface area contributed by atoms with Crippen LogP contribution in [-0.2, 0) is 11.2 Å². The van der Waals surface area contributed by atoms with E-state index < -0.39 is 18.1 Å². The molecule has 1 aliphatic rings. The summed E-state index contributed by atoms with van der Waals surface area (Å²) in [7, 11) is 0. The molecule has 3 unspecified atom stereocenters.